The summed E-state index contributed by atoms with van der Waals surface area (Å²) >= 11 is 2.66. The molecule has 9 heteroatoms. The normalized spacial score (nSPS) is 12.2. The maximum Gasteiger partial charge on any atom is 0.269 e. The number of H-pyrrole nitrogens is 1. The van der Waals surface area contributed by atoms with Crippen LogP contribution in [-0.2, 0) is 0 Å². The highest BCUT2D eigenvalue weighted by molar-refractivity contribution is 7.99. The fraction of sp³-hybridized carbons (Fsp3) is 0.100. The first kappa shape index (κ1) is 19.3. The van der Waals surface area contributed by atoms with Crippen LogP contribution in [0.5, 0.6) is 0 Å². The van der Waals surface area contributed by atoms with Crippen molar-refractivity contribution >= 4 is 39.0 Å². The second-order valence-electron chi connectivity index (χ2n) is 6.32. The third kappa shape index (κ3) is 3.92. The van der Waals surface area contributed by atoms with Gasteiger partial charge in [0, 0.05) is 28.3 Å². The molecular formula is C20H14FN3O3S2. The summed E-state index contributed by atoms with van der Waals surface area (Å²) < 4.78 is 13.2. The Balaban J connectivity index is 1.66. The van der Waals surface area contributed by atoms with Crippen LogP contribution in [0.4, 0.5) is 10.1 Å². The summed E-state index contributed by atoms with van der Waals surface area (Å²) in [6, 6.07) is 12.4. The lowest BCUT2D eigenvalue weighted by molar-refractivity contribution is -0.384. The molecule has 0 fully saturated rings. The van der Waals surface area contributed by atoms with Crippen molar-refractivity contribution in [3.05, 3.63) is 85.8 Å². The van der Waals surface area contributed by atoms with Crippen LogP contribution in [-0.4, -0.2) is 14.9 Å². The molecule has 0 aliphatic rings. The Kier molecular flexibility index (Phi) is 5.16. The molecule has 2 aromatic carbocycles. The average molecular weight is 427 g/mol. The van der Waals surface area contributed by atoms with Crippen molar-refractivity contribution in [2.24, 2.45) is 0 Å². The minimum atomic E-state index is -0.435. The molecule has 4 rings (SSSR count). The number of aromatic nitrogens is 2. The van der Waals surface area contributed by atoms with E-state index in [1.165, 1.54) is 47.4 Å². The van der Waals surface area contributed by atoms with Crippen molar-refractivity contribution < 1.29 is 9.31 Å². The van der Waals surface area contributed by atoms with Gasteiger partial charge in [-0.15, -0.1) is 11.3 Å². The van der Waals surface area contributed by atoms with Crippen molar-refractivity contribution in [3.63, 3.8) is 0 Å². The molecule has 4 aromatic rings. The number of thiophene rings is 1. The summed E-state index contributed by atoms with van der Waals surface area (Å²) in [5, 5.41) is 13.6. The molecular weight excluding hydrogens is 413 g/mol. The van der Waals surface area contributed by atoms with Crippen molar-refractivity contribution in [2.75, 3.05) is 0 Å². The molecule has 0 saturated carbocycles. The molecule has 0 unspecified atom stereocenters. The monoisotopic (exact) mass is 427 g/mol. The predicted octanol–water partition coefficient (Wildman–Crippen LogP) is 5.55. The SMILES string of the molecule is C[C@H](Sc1nc2scc(-c3ccc(F)cc3)c2c(=O)[nH]1)c1cccc([N+](=O)[O-])c1. The Morgan fingerprint density at radius 3 is 2.72 bits per heavy atom. The minimum absolute atomic E-state index is 0.0223. The van der Waals surface area contributed by atoms with Gasteiger partial charge < -0.3 is 4.98 Å². The van der Waals surface area contributed by atoms with E-state index in [9.17, 15) is 19.3 Å². The molecule has 2 heterocycles. The quantitative estimate of drug-likeness (QED) is 0.195. The molecule has 0 radical (unpaired) electrons. The first-order chi connectivity index (χ1) is 13.9. The van der Waals surface area contributed by atoms with Crippen LogP contribution in [0.2, 0.25) is 0 Å². The van der Waals surface area contributed by atoms with Gasteiger partial charge in [-0.1, -0.05) is 36.0 Å². The Hall–Kier alpha value is -3.04. The molecule has 1 N–H and O–H groups in total. The van der Waals surface area contributed by atoms with Gasteiger partial charge in [0.2, 0.25) is 0 Å². The summed E-state index contributed by atoms with van der Waals surface area (Å²) in [7, 11) is 0. The zero-order valence-corrected chi connectivity index (χ0v) is 16.7. The number of hydrogen-bond acceptors (Lipinski definition) is 6. The van der Waals surface area contributed by atoms with Crippen LogP contribution in [0.25, 0.3) is 21.3 Å². The van der Waals surface area contributed by atoms with E-state index in [1.54, 1.807) is 24.3 Å². The molecule has 29 heavy (non-hydrogen) atoms. The fourth-order valence-corrected chi connectivity index (χ4v) is 4.87. The number of nitro benzene ring substituents is 1. The molecule has 6 nitrogen and oxygen atoms in total. The van der Waals surface area contributed by atoms with Crippen molar-refractivity contribution in [1.82, 2.24) is 9.97 Å². The molecule has 146 valence electrons. The Bertz CT molecular complexity index is 1270. The molecule has 0 bridgehead atoms. The number of hydrogen-bond donors (Lipinski definition) is 1. The number of nitrogens with one attached hydrogen (secondary N) is 1. The van der Waals surface area contributed by atoms with Gasteiger partial charge in [-0.05, 0) is 30.2 Å². The van der Waals surface area contributed by atoms with Crippen LogP contribution < -0.4 is 5.56 Å². The van der Waals surface area contributed by atoms with E-state index in [0.717, 1.165) is 11.1 Å². The molecule has 0 saturated heterocycles. The number of benzene rings is 2. The van der Waals surface area contributed by atoms with E-state index in [0.29, 0.717) is 20.9 Å². The Morgan fingerprint density at radius 1 is 1.24 bits per heavy atom. The topological polar surface area (TPSA) is 88.9 Å². The van der Waals surface area contributed by atoms with Gasteiger partial charge >= 0.3 is 0 Å². The highest BCUT2D eigenvalue weighted by Crippen LogP contribution is 2.36. The standard InChI is InChI=1S/C20H14FN3O3S2/c1-11(13-3-2-4-15(9-13)24(26)27)29-20-22-18(25)17-16(10-28-19(17)23-20)12-5-7-14(21)8-6-12/h2-11H,1H3,(H,22,23,25)/t11-/m0/s1. The van der Waals surface area contributed by atoms with Gasteiger partial charge in [-0.2, -0.15) is 0 Å². The zero-order chi connectivity index (χ0) is 20.5. The number of rotatable bonds is 5. The third-order valence-corrected chi connectivity index (χ3v) is 6.33. The second kappa shape index (κ2) is 7.76. The van der Waals surface area contributed by atoms with Gasteiger partial charge in [0.25, 0.3) is 11.2 Å². The number of thioether (sulfide) groups is 1. The maximum absolute atomic E-state index is 13.2. The van der Waals surface area contributed by atoms with Crippen LogP contribution >= 0.6 is 23.1 Å². The van der Waals surface area contributed by atoms with Gasteiger partial charge in [0.15, 0.2) is 5.16 Å². The molecule has 1 atom stereocenters. The summed E-state index contributed by atoms with van der Waals surface area (Å²) in [6.07, 6.45) is 0. The number of nitro groups is 1. The predicted molar refractivity (Wildman–Crippen MR) is 113 cm³/mol. The van der Waals surface area contributed by atoms with Crippen molar-refractivity contribution in [1.29, 1.82) is 0 Å². The van der Waals surface area contributed by atoms with E-state index >= 15 is 0 Å². The summed E-state index contributed by atoms with van der Waals surface area (Å²) in [5.41, 5.74) is 1.97. The molecule has 0 amide bonds. The summed E-state index contributed by atoms with van der Waals surface area (Å²) in [6.45, 7) is 1.90. The van der Waals surface area contributed by atoms with Gasteiger partial charge in [-0.3, -0.25) is 14.9 Å². The van der Waals surface area contributed by atoms with Gasteiger partial charge in [0.1, 0.15) is 10.6 Å². The number of aromatic amines is 1. The Morgan fingerprint density at radius 2 is 2.00 bits per heavy atom. The van der Waals surface area contributed by atoms with Crippen LogP contribution in [0.3, 0.4) is 0 Å². The van der Waals surface area contributed by atoms with Crippen LogP contribution in [0, 0.1) is 15.9 Å². The highest BCUT2D eigenvalue weighted by Gasteiger charge is 2.17. The van der Waals surface area contributed by atoms with Crippen LogP contribution in [0.1, 0.15) is 17.7 Å². The number of fused-ring (bicyclic) bond motifs is 1. The lowest BCUT2D eigenvalue weighted by Crippen LogP contribution is -2.09. The molecule has 0 spiro atoms. The summed E-state index contributed by atoms with van der Waals surface area (Å²) in [5.74, 6) is -0.339. The average Bonchev–Trinajstić information content (AvgIpc) is 3.13. The first-order valence-electron chi connectivity index (χ1n) is 8.61. The van der Waals surface area contributed by atoms with E-state index < -0.39 is 4.92 Å². The lowest BCUT2D eigenvalue weighted by Gasteiger charge is -2.10. The Labute approximate surface area is 172 Å². The third-order valence-electron chi connectivity index (χ3n) is 4.42. The maximum atomic E-state index is 13.2. The van der Waals surface area contributed by atoms with Gasteiger partial charge in [0.05, 0.1) is 10.3 Å². The van der Waals surface area contributed by atoms with Gasteiger partial charge in [-0.25, -0.2) is 9.37 Å². The largest absolute Gasteiger partial charge is 0.301 e. The molecule has 0 aliphatic heterocycles. The zero-order valence-electron chi connectivity index (χ0n) is 15.1. The van der Waals surface area contributed by atoms with E-state index in [2.05, 4.69) is 9.97 Å². The van der Waals surface area contributed by atoms with Crippen LogP contribution in [0.15, 0.2) is 63.9 Å². The molecule has 2 aromatic heterocycles. The fourth-order valence-electron chi connectivity index (χ4n) is 2.95. The first-order valence-corrected chi connectivity index (χ1v) is 10.4. The van der Waals surface area contributed by atoms with Crippen molar-refractivity contribution in [2.45, 2.75) is 17.3 Å². The summed E-state index contributed by atoms with van der Waals surface area (Å²) in [4.78, 5) is 31.2. The second-order valence-corrected chi connectivity index (χ2v) is 8.51. The molecule has 0 aliphatic carbocycles. The smallest absolute Gasteiger partial charge is 0.269 e. The van der Waals surface area contributed by atoms with E-state index in [4.69, 9.17) is 0 Å². The minimum Gasteiger partial charge on any atom is -0.301 e. The lowest BCUT2D eigenvalue weighted by atomic mass is 10.1. The highest BCUT2D eigenvalue weighted by atomic mass is 32.2. The van der Waals surface area contributed by atoms with E-state index in [1.807, 2.05) is 12.3 Å². The van der Waals surface area contributed by atoms with E-state index in [-0.39, 0.29) is 22.3 Å². The number of nitrogens with zero attached hydrogens (tertiary/aromatic N) is 2. The number of non-ortho nitro benzene ring substituents is 1. The van der Waals surface area contributed by atoms with Crippen molar-refractivity contribution in [3.8, 4) is 11.1 Å². The number of halogens is 1.